The number of anilines is 1. The predicted molar refractivity (Wildman–Crippen MR) is 100 cm³/mol. The molecule has 5 rings (SSSR count). The summed E-state index contributed by atoms with van der Waals surface area (Å²) >= 11 is 1.51. The summed E-state index contributed by atoms with van der Waals surface area (Å²) in [6, 6.07) is 18.0. The average molecular weight is 357 g/mol. The van der Waals surface area contributed by atoms with Crippen LogP contribution in [0.25, 0.3) is 20.9 Å². The molecule has 0 fully saturated rings. The summed E-state index contributed by atoms with van der Waals surface area (Å²) in [5, 5.41) is 0.854. The highest BCUT2D eigenvalue weighted by Crippen LogP contribution is 2.32. The van der Waals surface area contributed by atoms with E-state index in [9.17, 15) is 9.59 Å². The summed E-state index contributed by atoms with van der Waals surface area (Å²) in [4.78, 5) is 36.1. The van der Waals surface area contributed by atoms with Gasteiger partial charge in [0.1, 0.15) is 15.4 Å². The third-order valence-electron chi connectivity index (χ3n) is 4.33. The molecule has 5 nitrogen and oxygen atoms in total. The number of imide groups is 1. The second kappa shape index (κ2) is 5.57. The molecule has 2 aromatic carbocycles. The molecule has 0 aliphatic carbocycles. The van der Waals surface area contributed by atoms with Gasteiger partial charge in [-0.2, -0.15) is 0 Å². The maximum Gasteiger partial charge on any atom is 0.266 e. The molecular weight excluding hydrogens is 346 g/mol. The van der Waals surface area contributed by atoms with Crippen LogP contribution in [0.4, 0.5) is 5.69 Å². The maximum atomic E-state index is 12.6. The summed E-state index contributed by atoms with van der Waals surface area (Å²) in [6.45, 7) is 0. The van der Waals surface area contributed by atoms with Crippen molar-refractivity contribution >= 4 is 39.2 Å². The van der Waals surface area contributed by atoms with Crippen LogP contribution in [0, 0.1) is 0 Å². The molecule has 0 N–H and O–H groups in total. The zero-order valence-corrected chi connectivity index (χ0v) is 14.2. The zero-order chi connectivity index (χ0) is 17.7. The first-order valence-electron chi connectivity index (χ1n) is 8.02. The van der Waals surface area contributed by atoms with E-state index in [4.69, 9.17) is 0 Å². The molecule has 1 aliphatic heterocycles. The molecule has 0 unspecified atom stereocenters. The van der Waals surface area contributed by atoms with E-state index >= 15 is 0 Å². The van der Waals surface area contributed by atoms with Crippen molar-refractivity contribution in [2.45, 2.75) is 0 Å². The second-order valence-electron chi connectivity index (χ2n) is 5.88. The van der Waals surface area contributed by atoms with Gasteiger partial charge in [-0.1, -0.05) is 23.5 Å². The van der Waals surface area contributed by atoms with Crippen molar-refractivity contribution < 1.29 is 9.59 Å². The van der Waals surface area contributed by atoms with Crippen LogP contribution in [0.3, 0.4) is 0 Å². The molecule has 0 atom stereocenters. The Balaban J connectivity index is 1.51. The van der Waals surface area contributed by atoms with E-state index in [1.54, 1.807) is 42.6 Å². The van der Waals surface area contributed by atoms with Crippen LogP contribution in [0.1, 0.15) is 20.7 Å². The monoisotopic (exact) mass is 357 g/mol. The maximum absolute atomic E-state index is 12.6. The molecule has 0 saturated carbocycles. The van der Waals surface area contributed by atoms with Crippen LogP contribution >= 0.6 is 11.3 Å². The van der Waals surface area contributed by atoms with Gasteiger partial charge in [0.05, 0.1) is 16.8 Å². The Morgan fingerprint density at radius 1 is 0.808 bits per heavy atom. The number of aromatic nitrogens is 2. The smallest absolute Gasteiger partial charge is 0.266 e. The van der Waals surface area contributed by atoms with Crippen LogP contribution in [0.2, 0.25) is 0 Å². The molecule has 3 heterocycles. The van der Waals surface area contributed by atoms with Crippen molar-refractivity contribution in [2.75, 3.05) is 4.90 Å². The minimum absolute atomic E-state index is 0.289. The number of hydrogen-bond donors (Lipinski definition) is 0. The predicted octanol–water partition coefficient (Wildman–Crippen LogP) is 4.16. The number of nitrogens with zero attached hydrogens (tertiary/aromatic N) is 3. The van der Waals surface area contributed by atoms with Gasteiger partial charge in [0.2, 0.25) is 0 Å². The minimum atomic E-state index is -0.289. The molecule has 1 aliphatic rings. The van der Waals surface area contributed by atoms with Gasteiger partial charge in [0.15, 0.2) is 0 Å². The van der Waals surface area contributed by atoms with Gasteiger partial charge in [-0.3, -0.25) is 9.59 Å². The second-order valence-corrected chi connectivity index (χ2v) is 6.86. The number of rotatable bonds is 2. The van der Waals surface area contributed by atoms with Crippen molar-refractivity contribution in [3.8, 4) is 10.6 Å². The molecule has 2 aromatic heterocycles. The lowest BCUT2D eigenvalue weighted by Gasteiger charge is -2.14. The average Bonchev–Trinajstić information content (AvgIpc) is 3.22. The summed E-state index contributed by atoms with van der Waals surface area (Å²) in [6.07, 6.45) is 1.75. The Morgan fingerprint density at radius 2 is 1.50 bits per heavy atom. The number of fused-ring (bicyclic) bond motifs is 2. The Hall–Kier alpha value is -3.38. The van der Waals surface area contributed by atoms with Crippen molar-refractivity contribution in [3.63, 3.8) is 0 Å². The molecular formula is C20H11N3O2S. The molecule has 124 valence electrons. The lowest BCUT2D eigenvalue weighted by Crippen LogP contribution is -2.29. The van der Waals surface area contributed by atoms with Gasteiger partial charge in [-0.15, -0.1) is 0 Å². The number of carbonyl (C=O) groups excluding carboxylic acids is 2. The Kier molecular flexibility index (Phi) is 3.20. The van der Waals surface area contributed by atoms with Crippen LogP contribution < -0.4 is 4.90 Å². The number of carbonyl (C=O) groups is 2. The van der Waals surface area contributed by atoms with Crippen molar-refractivity contribution in [3.05, 3.63) is 78.0 Å². The van der Waals surface area contributed by atoms with E-state index in [-0.39, 0.29) is 11.8 Å². The Bertz CT molecular complexity index is 1110. The third kappa shape index (κ3) is 2.16. The quantitative estimate of drug-likeness (QED) is 0.505. The first kappa shape index (κ1) is 14.9. The number of amides is 2. The molecule has 0 radical (unpaired) electrons. The zero-order valence-electron chi connectivity index (χ0n) is 13.4. The molecule has 6 heteroatoms. The highest BCUT2D eigenvalue weighted by atomic mass is 32.1. The molecule has 0 spiro atoms. The van der Waals surface area contributed by atoms with Crippen LogP contribution in [-0.2, 0) is 0 Å². The lowest BCUT2D eigenvalue weighted by atomic mass is 10.1. The van der Waals surface area contributed by atoms with Crippen molar-refractivity contribution in [2.24, 2.45) is 0 Å². The fraction of sp³-hybridized carbons (Fsp3) is 0. The molecule has 26 heavy (non-hydrogen) atoms. The fourth-order valence-corrected chi connectivity index (χ4v) is 3.98. The van der Waals surface area contributed by atoms with Gasteiger partial charge < -0.3 is 0 Å². The normalized spacial score (nSPS) is 13.5. The molecule has 0 bridgehead atoms. The first-order valence-corrected chi connectivity index (χ1v) is 8.84. The first-order chi connectivity index (χ1) is 12.7. The van der Waals surface area contributed by atoms with E-state index in [0.717, 1.165) is 20.9 Å². The SMILES string of the molecule is O=C1c2ccccc2C(=O)N1c1ccc(-c2nc3cccnc3s2)cc1. The lowest BCUT2D eigenvalue weighted by molar-refractivity contribution is 0.0926. The highest BCUT2D eigenvalue weighted by Gasteiger charge is 2.36. The topological polar surface area (TPSA) is 63.2 Å². The molecule has 4 aromatic rings. The van der Waals surface area contributed by atoms with E-state index in [1.165, 1.54) is 16.2 Å². The van der Waals surface area contributed by atoms with Gasteiger partial charge in [-0.05, 0) is 48.5 Å². The highest BCUT2D eigenvalue weighted by molar-refractivity contribution is 7.21. The molecule has 0 saturated heterocycles. The van der Waals surface area contributed by atoms with Gasteiger partial charge in [-0.25, -0.2) is 14.9 Å². The summed E-state index contributed by atoms with van der Waals surface area (Å²) in [7, 11) is 0. The third-order valence-corrected chi connectivity index (χ3v) is 5.36. The summed E-state index contributed by atoms with van der Waals surface area (Å²) in [5.41, 5.74) is 3.22. The van der Waals surface area contributed by atoms with E-state index < -0.39 is 0 Å². The van der Waals surface area contributed by atoms with Crippen molar-refractivity contribution in [1.29, 1.82) is 0 Å². The number of benzene rings is 2. The minimum Gasteiger partial charge on any atom is -0.268 e. The van der Waals surface area contributed by atoms with Crippen LogP contribution in [0.15, 0.2) is 66.9 Å². The van der Waals surface area contributed by atoms with E-state index in [2.05, 4.69) is 9.97 Å². The van der Waals surface area contributed by atoms with Gasteiger partial charge in [0, 0.05) is 11.8 Å². The van der Waals surface area contributed by atoms with Gasteiger partial charge >= 0.3 is 0 Å². The number of pyridine rings is 1. The summed E-state index contributed by atoms with van der Waals surface area (Å²) < 4.78 is 0. The Morgan fingerprint density at radius 3 is 2.15 bits per heavy atom. The largest absolute Gasteiger partial charge is 0.268 e. The molecule has 2 amide bonds. The van der Waals surface area contributed by atoms with Gasteiger partial charge in [0.25, 0.3) is 11.8 Å². The van der Waals surface area contributed by atoms with Crippen LogP contribution in [0.5, 0.6) is 0 Å². The number of thiazole rings is 1. The van der Waals surface area contributed by atoms with E-state index in [0.29, 0.717) is 16.8 Å². The standard InChI is InChI=1S/C20H11N3O2S/c24-19-14-4-1-2-5-15(14)20(25)23(19)13-9-7-12(8-10-13)17-22-16-6-3-11-21-18(16)26-17/h1-11H. The van der Waals surface area contributed by atoms with Crippen molar-refractivity contribution in [1.82, 2.24) is 9.97 Å². The van der Waals surface area contributed by atoms with E-state index in [1.807, 2.05) is 24.3 Å². The van der Waals surface area contributed by atoms with Crippen LogP contribution in [-0.4, -0.2) is 21.8 Å². The number of hydrogen-bond acceptors (Lipinski definition) is 5. The summed E-state index contributed by atoms with van der Waals surface area (Å²) in [5.74, 6) is -0.579. The Labute approximate surface area is 152 Å². The fourth-order valence-electron chi connectivity index (χ4n) is 3.07.